The van der Waals surface area contributed by atoms with E-state index in [4.69, 9.17) is 0 Å². The van der Waals surface area contributed by atoms with E-state index in [1.54, 1.807) is 0 Å². The van der Waals surface area contributed by atoms with Crippen molar-refractivity contribution < 1.29 is 4.57 Å². The van der Waals surface area contributed by atoms with Crippen LogP contribution in [0.25, 0.3) is 0 Å². The van der Waals surface area contributed by atoms with Gasteiger partial charge in [0.25, 0.3) is 5.82 Å². The summed E-state index contributed by atoms with van der Waals surface area (Å²) in [6, 6.07) is 10.9. The van der Waals surface area contributed by atoms with Crippen molar-refractivity contribution in [3.8, 4) is 0 Å². The molecule has 0 saturated carbocycles. The van der Waals surface area contributed by atoms with Crippen LogP contribution in [0.1, 0.15) is 179 Å². The van der Waals surface area contributed by atoms with Gasteiger partial charge in [-0.05, 0) is 18.4 Å². The largest absolute Gasteiger partial charge is 0.257 e. The second-order valence-corrected chi connectivity index (χ2v) is 12.0. The Hall–Kier alpha value is -1.57. The maximum absolute atomic E-state index is 3.65. The number of hydrogen-bond donors (Lipinski definition) is 1. The minimum Gasteiger partial charge on any atom is -0.247 e. The monoisotopic (exact) mass is 523 g/mol. The molecule has 1 heterocycles. The molecule has 0 bridgehead atoms. The SMILES string of the molecule is CCCCCCCCCCCCCCCCCC[C@H](CCCCCCC)c1[nH]cc[n+]1Cc1ccccc1. The third kappa shape index (κ3) is 15.7. The molecule has 0 saturated heterocycles. The fraction of sp³-hybridized carbons (Fsp3) is 0.750. The number of aromatic nitrogens is 2. The number of rotatable bonds is 26. The predicted molar refractivity (Wildman–Crippen MR) is 167 cm³/mol. The van der Waals surface area contributed by atoms with Crippen LogP contribution in [-0.2, 0) is 6.54 Å². The van der Waals surface area contributed by atoms with Crippen molar-refractivity contribution >= 4 is 0 Å². The highest BCUT2D eigenvalue weighted by molar-refractivity contribution is 5.13. The Bertz CT molecular complexity index is 750. The number of nitrogens with one attached hydrogen (secondary N) is 1. The molecule has 1 atom stereocenters. The molecule has 2 aromatic rings. The van der Waals surface area contributed by atoms with Crippen molar-refractivity contribution in [1.82, 2.24) is 4.98 Å². The molecule has 0 aliphatic rings. The van der Waals surface area contributed by atoms with E-state index in [1.807, 2.05) is 0 Å². The maximum Gasteiger partial charge on any atom is 0.257 e. The minimum atomic E-state index is 0.669. The third-order valence-corrected chi connectivity index (χ3v) is 8.44. The Morgan fingerprint density at radius 3 is 1.42 bits per heavy atom. The van der Waals surface area contributed by atoms with Gasteiger partial charge in [-0.25, -0.2) is 9.55 Å². The van der Waals surface area contributed by atoms with Crippen molar-refractivity contribution in [2.45, 2.75) is 174 Å². The zero-order valence-electron chi connectivity index (χ0n) is 25.5. The number of unbranched alkanes of at least 4 members (excludes halogenated alkanes) is 19. The lowest BCUT2D eigenvalue weighted by Gasteiger charge is -2.14. The van der Waals surface area contributed by atoms with E-state index in [1.165, 1.54) is 159 Å². The number of nitrogens with zero attached hydrogens (tertiary/aromatic N) is 1. The summed E-state index contributed by atoms with van der Waals surface area (Å²) in [5, 5.41) is 0. The Balaban J connectivity index is 1.60. The molecule has 0 radical (unpaired) electrons. The van der Waals surface area contributed by atoms with E-state index in [-0.39, 0.29) is 0 Å². The molecule has 2 rings (SSSR count). The van der Waals surface area contributed by atoms with Crippen LogP contribution in [0, 0.1) is 0 Å². The lowest BCUT2D eigenvalue weighted by molar-refractivity contribution is -0.695. The van der Waals surface area contributed by atoms with Gasteiger partial charge in [-0.3, -0.25) is 0 Å². The fourth-order valence-corrected chi connectivity index (χ4v) is 6.00. The molecule has 0 spiro atoms. The van der Waals surface area contributed by atoms with Crippen LogP contribution in [0.15, 0.2) is 42.7 Å². The van der Waals surface area contributed by atoms with Gasteiger partial charge >= 0.3 is 0 Å². The average Bonchev–Trinajstić information content (AvgIpc) is 3.40. The van der Waals surface area contributed by atoms with E-state index in [2.05, 4.69) is 66.1 Å². The summed E-state index contributed by atoms with van der Waals surface area (Å²) in [5.74, 6) is 2.12. The Morgan fingerprint density at radius 2 is 0.974 bits per heavy atom. The summed E-state index contributed by atoms with van der Waals surface area (Å²) in [4.78, 5) is 3.65. The van der Waals surface area contributed by atoms with Gasteiger partial charge in [0.2, 0.25) is 0 Å². The molecule has 1 aromatic heterocycles. The lowest BCUT2D eigenvalue weighted by atomic mass is 9.93. The Morgan fingerprint density at radius 1 is 0.553 bits per heavy atom. The highest BCUT2D eigenvalue weighted by atomic mass is 15.1. The van der Waals surface area contributed by atoms with Crippen molar-refractivity contribution in [3.05, 3.63) is 54.1 Å². The van der Waals surface area contributed by atoms with Gasteiger partial charge in [0.15, 0.2) is 0 Å². The van der Waals surface area contributed by atoms with E-state index in [0.29, 0.717) is 5.92 Å². The lowest BCUT2D eigenvalue weighted by Crippen LogP contribution is -2.38. The van der Waals surface area contributed by atoms with Crippen LogP contribution in [-0.4, -0.2) is 4.98 Å². The molecule has 1 N–H and O–H groups in total. The van der Waals surface area contributed by atoms with Gasteiger partial charge in [-0.15, -0.1) is 0 Å². The molecule has 2 nitrogen and oxygen atoms in total. The van der Waals surface area contributed by atoms with E-state index in [9.17, 15) is 0 Å². The fourth-order valence-electron chi connectivity index (χ4n) is 6.00. The number of aromatic amines is 1. The zero-order chi connectivity index (χ0) is 26.9. The Labute approximate surface area is 237 Å². The quantitative estimate of drug-likeness (QED) is 0.0934. The summed E-state index contributed by atoms with van der Waals surface area (Å²) in [6.45, 7) is 5.59. The van der Waals surface area contributed by atoms with Crippen LogP contribution >= 0.6 is 0 Å². The van der Waals surface area contributed by atoms with Crippen molar-refractivity contribution in [2.24, 2.45) is 0 Å². The van der Waals surface area contributed by atoms with Crippen molar-refractivity contribution in [2.75, 3.05) is 0 Å². The molecular formula is C36H63N2+. The molecule has 216 valence electrons. The molecule has 0 fully saturated rings. The maximum atomic E-state index is 3.65. The second-order valence-electron chi connectivity index (χ2n) is 12.0. The molecule has 2 heteroatoms. The first kappa shape index (κ1) is 32.6. The summed E-state index contributed by atoms with van der Waals surface area (Å²) in [6.07, 6.45) is 37.0. The molecule has 0 amide bonds. The van der Waals surface area contributed by atoms with Gasteiger partial charge in [-0.1, -0.05) is 179 Å². The van der Waals surface area contributed by atoms with Gasteiger partial charge in [-0.2, -0.15) is 0 Å². The van der Waals surface area contributed by atoms with Gasteiger partial charge in [0.05, 0.1) is 5.92 Å². The first-order valence-corrected chi connectivity index (χ1v) is 17.0. The van der Waals surface area contributed by atoms with Crippen LogP contribution in [0.3, 0.4) is 0 Å². The van der Waals surface area contributed by atoms with Crippen LogP contribution < -0.4 is 4.57 Å². The molecule has 38 heavy (non-hydrogen) atoms. The molecule has 0 aliphatic heterocycles. The number of benzene rings is 1. The highest BCUT2D eigenvalue weighted by Crippen LogP contribution is 2.26. The zero-order valence-corrected chi connectivity index (χ0v) is 25.5. The average molecular weight is 524 g/mol. The van der Waals surface area contributed by atoms with E-state index in [0.717, 1.165) is 6.54 Å². The number of hydrogen-bond acceptors (Lipinski definition) is 0. The van der Waals surface area contributed by atoms with Gasteiger partial charge in [0.1, 0.15) is 18.9 Å². The van der Waals surface area contributed by atoms with Crippen LogP contribution in [0.2, 0.25) is 0 Å². The molecule has 1 aromatic carbocycles. The molecular weight excluding hydrogens is 460 g/mol. The Kier molecular flexibility index (Phi) is 20.0. The summed E-state index contributed by atoms with van der Waals surface area (Å²) < 4.78 is 2.47. The van der Waals surface area contributed by atoms with Crippen molar-refractivity contribution in [1.29, 1.82) is 0 Å². The van der Waals surface area contributed by atoms with E-state index < -0.39 is 0 Å². The topological polar surface area (TPSA) is 19.7 Å². The highest BCUT2D eigenvalue weighted by Gasteiger charge is 2.22. The summed E-state index contributed by atoms with van der Waals surface area (Å²) in [7, 11) is 0. The smallest absolute Gasteiger partial charge is 0.247 e. The normalized spacial score (nSPS) is 12.3. The first-order chi connectivity index (χ1) is 18.8. The number of imidazole rings is 1. The van der Waals surface area contributed by atoms with Crippen molar-refractivity contribution in [3.63, 3.8) is 0 Å². The van der Waals surface area contributed by atoms with Crippen LogP contribution in [0.5, 0.6) is 0 Å². The second kappa shape index (κ2) is 23.3. The van der Waals surface area contributed by atoms with Gasteiger partial charge < -0.3 is 0 Å². The third-order valence-electron chi connectivity index (χ3n) is 8.44. The van der Waals surface area contributed by atoms with E-state index >= 15 is 0 Å². The standard InChI is InChI=1S/C36H62N2/c1-3-5-7-9-10-11-12-13-14-15-16-17-18-19-21-26-30-35(29-25-20-8-6-4-2)36-37-31-32-38(36)33-34-27-23-22-24-28-34/h22-24,27-28,31-32,35H,3-21,25-26,29-30,33H2,1-2H3/p+1/t35-/m0/s1. The molecule has 0 aliphatic carbocycles. The predicted octanol–water partition coefficient (Wildman–Crippen LogP) is 11.4. The first-order valence-electron chi connectivity index (χ1n) is 17.0. The van der Waals surface area contributed by atoms with Crippen LogP contribution in [0.4, 0.5) is 0 Å². The molecule has 0 unspecified atom stereocenters. The number of H-pyrrole nitrogens is 1. The van der Waals surface area contributed by atoms with Gasteiger partial charge in [0, 0.05) is 0 Å². The summed E-state index contributed by atoms with van der Waals surface area (Å²) in [5.41, 5.74) is 1.39. The summed E-state index contributed by atoms with van der Waals surface area (Å²) >= 11 is 0. The minimum absolute atomic E-state index is 0.669.